The fraction of sp³-hybridized carbons (Fsp3) is 0.118. The van der Waals surface area contributed by atoms with Crippen molar-refractivity contribution < 1.29 is 0 Å². The molecule has 5 aromatic rings. The van der Waals surface area contributed by atoms with Gasteiger partial charge in [-0.05, 0) is 68.8 Å². The van der Waals surface area contributed by atoms with Crippen LogP contribution in [0.4, 0.5) is 11.4 Å². The minimum Gasteiger partial charge on any atom is -0.363 e. The van der Waals surface area contributed by atoms with Gasteiger partial charge in [0.2, 0.25) is 0 Å². The summed E-state index contributed by atoms with van der Waals surface area (Å²) in [6.07, 6.45) is 0. The molecule has 0 spiro atoms. The van der Waals surface area contributed by atoms with Crippen molar-refractivity contribution in [3.05, 3.63) is 144 Å². The summed E-state index contributed by atoms with van der Waals surface area (Å²) in [7, 11) is 0. The molecule has 0 N–H and O–H groups in total. The fourth-order valence-electron chi connectivity index (χ4n) is 5.67. The Bertz CT molecular complexity index is 1360. The van der Waals surface area contributed by atoms with Crippen LogP contribution in [0.1, 0.15) is 22.3 Å². The van der Waals surface area contributed by atoms with Gasteiger partial charge in [-0.25, -0.2) is 0 Å². The summed E-state index contributed by atoms with van der Waals surface area (Å²) in [4.78, 5) is 4.99. The second kappa shape index (κ2) is 8.73. The highest BCUT2D eigenvalue weighted by Crippen LogP contribution is 2.36. The Morgan fingerprint density at radius 1 is 0.333 bits per heavy atom. The van der Waals surface area contributed by atoms with Gasteiger partial charge in [-0.15, -0.1) is 0 Å². The molecule has 2 nitrogen and oxygen atoms in total. The Labute approximate surface area is 213 Å². The van der Waals surface area contributed by atoms with E-state index >= 15 is 0 Å². The molecule has 0 saturated heterocycles. The summed E-state index contributed by atoms with van der Waals surface area (Å²) in [6, 6.07) is 44.2. The smallest absolute Gasteiger partial charge is 0.0436 e. The monoisotopic (exact) mass is 464 g/mol. The molecule has 36 heavy (non-hydrogen) atoms. The van der Waals surface area contributed by atoms with Crippen LogP contribution in [0.15, 0.2) is 121 Å². The third-order valence-electron chi connectivity index (χ3n) is 7.65. The van der Waals surface area contributed by atoms with Crippen LogP contribution in [0.3, 0.4) is 0 Å². The standard InChI is InChI=1S/C34H28N2/c1-3-7-25(8-4-1)27-11-15-33(16-12-27)35-21-29-19-31-23-36(24-32(31)20-30(29)22-35)34-17-13-28(14-18-34)26-9-5-2-6-10-26/h1-20H,21-24H2. The van der Waals surface area contributed by atoms with Gasteiger partial charge in [0, 0.05) is 37.6 Å². The molecule has 0 saturated carbocycles. The summed E-state index contributed by atoms with van der Waals surface area (Å²) in [6.45, 7) is 3.94. The van der Waals surface area contributed by atoms with Crippen molar-refractivity contribution in [2.75, 3.05) is 9.80 Å². The van der Waals surface area contributed by atoms with Crippen molar-refractivity contribution in [2.24, 2.45) is 0 Å². The van der Waals surface area contributed by atoms with Crippen molar-refractivity contribution in [1.82, 2.24) is 0 Å². The van der Waals surface area contributed by atoms with E-state index in [1.807, 2.05) is 0 Å². The number of nitrogens with zero attached hydrogens (tertiary/aromatic N) is 2. The molecular formula is C34H28N2. The molecule has 7 rings (SSSR count). The van der Waals surface area contributed by atoms with Crippen molar-refractivity contribution in [3.8, 4) is 22.3 Å². The summed E-state index contributed by atoms with van der Waals surface area (Å²) < 4.78 is 0. The van der Waals surface area contributed by atoms with Crippen LogP contribution in [0, 0.1) is 0 Å². The van der Waals surface area contributed by atoms with E-state index in [4.69, 9.17) is 0 Å². The van der Waals surface area contributed by atoms with Crippen LogP contribution in [0.25, 0.3) is 22.3 Å². The third kappa shape index (κ3) is 3.85. The molecule has 0 unspecified atom stereocenters. The SMILES string of the molecule is c1ccc(-c2ccc(N3Cc4cc5c(cc4C3)CN(c3ccc(-c4ccccc4)cc3)C5)cc2)cc1. The number of hydrogen-bond acceptors (Lipinski definition) is 2. The molecule has 0 atom stereocenters. The van der Waals surface area contributed by atoms with E-state index in [0.717, 1.165) is 26.2 Å². The first-order valence-corrected chi connectivity index (χ1v) is 12.7. The van der Waals surface area contributed by atoms with Gasteiger partial charge >= 0.3 is 0 Å². The highest BCUT2D eigenvalue weighted by atomic mass is 15.2. The molecule has 2 aliphatic heterocycles. The highest BCUT2D eigenvalue weighted by molar-refractivity contribution is 5.68. The molecule has 0 amide bonds. The molecule has 0 fully saturated rings. The van der Waals surface area contributed by atoms with Crippen LogP contribution in [0.2, 0.25) is 0 Å². The number of rotatable bonds is 4. The van der Waals surface area contributed by atoms with Crippen LogP contribution >= 0.6 is 0 Å². The number of benzene rings is 5. The Morgan fingerprint density at radius 2 is 0.639 bits per heavy atom. The molecule has 5 aromatic carbocycles. The zero-order valence-corrected chi connectivity index (χ0v) is 20.3. The molecule has 0 radical (unpaired) electrons. The van der Waals surface area contributed by atoms with E-state index in [9.17, 15) is 0 Å². The molecule has 2 aliphatic rings. The van der Waals surface area contributed by atoms with Gasteiger partial charge in [0.1, 0.15) is 0 Å². The van der Waals surface area contributed by atoms with Crippen molar-refractivity contribution in [3.63, 3.8) is 0 Å². The summed E-state index contributed by atoms with van der Waals surface area (Å²) in [5.41, 5.74) is 13.6. The lowest BCUT2D eigenvalue weighted by molar-refractivity contribution is 0.868. The number of hydrogen-bond donors (Lipinski definition) is 0. The first-order valence-electron chi connectivity index (χ1n) is 12.7. The fourth-order valence-corrected chi connectivity index (χ4v) is 5.67. The molecule has 2 heterocycles. The van der Waals surface area contributed by atoms with Gasteiger partial charge in [0.15, 0.2) is 0 Å². The molecule has 0 bridgehead atoms. The topological polar surface area (TPSA) is 6.48 Å². The van der Waals surface area contributed by atoms with Crippen molar-refractivity contribution >= 4 is 11.4 Å². The number of anilines is 2. The van der Waals surface area contributed by atoms with Crippen LogP contribution < -0.4 is 9.80 Å². The van der Waals surface area contributed by atoms with E-state index in [1.54, 1.807) is 0 Å². The predicted octanol–water partition coefficient (Wildman–Crippen LogP) is 8.06. The normalized spacial score (nSPS) is 14.1. The largest absolute Gasteiger partial charge is 0.363 e. The molecule has 0 aliphatic carbocycles. The lowest BCUT2D eigenvalue weighted by Gasteiger charge is -2.19. The van der Waals surface area contributed by atoms with E-state index in [1.165, 1.54) is 55.9 Å². The first-order chi connectivity index (χ1) is 17.8. The minimum atomic E-state index is 0.985. The van der Waals surface area contributed by atoms with Gasteiger partial charge in [-0.3, -0.25) is 0 Å². The Morgan fingerprint density at radius 3 is 0.972 bits per heavy atom. The maximum absolute atomic E-state index is 2.49. The molecule has 174 valence electrons. The minimum absolute atomic E-state index is 0.985. The van der Waals surface area contributed by atoms with Gasteiger partial charge in [-0.2, -0.15) is 0 Å². The molecule has 0 aromatic heterocycles. The quantitative estimate of drug-likeness (QED) is 0.265. The van der Waals surface area contributed by atoms with Crippen LogP contribution in [-0.4, -0.2) is 0 Å². The zero-order chi connectivity index (χ0) is 23.9. The third-order valence-corrected chi connectivity index (χ3v) is 7.65. The van der Waals surface area contributed by atoms with Gasteiger partial charge in [0.05, 0.1) is 0 Å². The summed E-state index contributed by atoms with van der Waals surface area (Å²) >= 11 is 0. The lowest BCUT2D eigenvalue weighted by Crippen LogP contribution is -2.15. The highest BCUT2D eigenvalue weighted by Gasteiger charge is 2.26. The summed E-state index contributed by atoms with van der Waals surface area (Å²) in [5.74, 6) is 0. The number of fused-ring (bicyclic) bond motifs is 2. The average molecular weight is 465 g/mol. The molecule has 2 heteroatoms. The summed E-state index contributed by atoms with van der Waals surface area (Å²) in [5, 5.41) is 0. The maximum Gasteiger partial charge on any atom is 0.0436 e. The second-order valence-electron chi connectivity index (χ2n) is 9.93. The van der Waals surface area contributed by atoms with E-state index in [2.05, 4.69) is 131 Å². The van der Waals surface area contributed by atoms with Gasteiger partial charge < -0.3 is 9.80 Å². The van der Waals surface area contributed by atoms with Crippen molar-refractivity contribution in [2.45, 2.75) is 26.2 Å². The Kier molecular flexibility index (Phi) is 5.10. The Balaban J connectivity index is 1.05. The zero-order valence-electron chi connectivity index (χ0n) is 20.3. The first kappa shape index (κ1) is 21.0. The lowest BCUT2D eigenvalue weighted by atomic mass is 10.0. The predicted molar refractivity (Wildman–Crippen MR) is 150 cm³/mol. The molecular weight excluding hydrogens is 436 g/mol. The van der Waals surface area contributed by atoms with E-state index < -0.39 is 0 Å². The van der Waals surface area contributed by atoms with Gasteiger partial charge in [0.25, 0.3) is 0 Å². The van der Waals surface area contributed by atoms with E-state index in [-0.39, 0.29) is 0 Å². The Hall–Kier alpha value is -4.30. The van der Waals surface area contributed by atoms with Crippen LogP contribution in [-0.2, 0) is 26.2 Å². The maximum atomic E-state index is 2.49. The average Bonchev–Trinajstić information content (AvgIpc) is 3.56. The second-order valence-corrected chi connectivity index (χ2v) is 9.93. The van der Waals surface area contributed by atoms with E-state index in [0.29, 0.717) is 0 Å². The van der Waals surface area contributed by atoms with Gasteiger partial charge in [-0.1, -0.05) is 97.1 Å². The van der Waals surface area contributed by atoms with Crippen molar-refractivity contribution in [1.29, 1.82) is 0 Å². The van der Waals surface area contributed by atoms with Crippen LogP contribution in [0.5, 0.6) is 0 Å².